The summed E-state index contributed by atoms with van der Waals surface area (Å²) in [4.78, 5) is 29.2. The van der Waals surface area contributed by atoms with E-state index in [1.165, 1.54) is 12.1 Å². The number of carbonyl (C=O) groups excluding carboxylic acids is 2. The number of rotatable bonds is 3. The maximum atomic E-state index is 13.3. The third-order valence-electron chi connectivity index (χ3n) is 5.38. The fourth-order valence-corrected chi connectivity index (χ4v) is 3.88. The van der Waals surface area contributed by atoms with Gasteiger partial charge in [0.2, 0.25) is 5.91 Å². The molecule has 0 aromatic heterocycles. The Morgan fingerprint density at radius 1 is 1.14 bits per heavy atom. The predicted molar refractivity (Wildman–Crippen MR) is 107 cm³/mol. The summed E-state index contributed by atoms with van der Waals surface area (Å²) in [6, 6.07) is 13.6. The number of benzene rings is 2. The normalized spacial score (nSPS) is 18.6. The molecule has 2 aliphatic heterocycles. The van der Waals surface area contributed by atoms with Gasteiger partial charge in [-0.25, -0.2) is 9.18 Å². The highest BCUT2D eigenvalue weighted by molar-refractivity contribution is 5.94. The van der Waals surface area contributed by atoms with Crippen molar-refractivity contribution in [1.29, 1.82) is 0 Å². The number of amides is 3. The van der Waals surface area contributed by atoms with Crippen molar-refractivity contribution in [2.75, 3.05) is 31.1 Å². The van der Waals surface area contributed by atoms with Crippen molar-refractivity contribution in [3.05, 3.63) is 59.9 Å². The minimum absolute atomic E-state index is 0.0941. The summed E-state index contributed by atoms with van der Waals surface area (Å²) in [5, 5.41) is 2.87. The van der Waals surface area contributed by atoms with Crippen LogP contribution in [0.25, 0.3) is 0 Å². The van der Waals surface area contributed by atoms with Crippen molar-refractivity contribution in [3.63, 3.8) is 0 Å². The Labute approximate surface area is 169 Å². The summed E-state index contributed by atoms with van der Waals surface area (Å²) >= 11 is 0. The molecule has 29 heavy (non-hydrogen) atoms. The first-order valence-corrected chi connectivity index (χ1v) is 9.92. The van der Waals surface area contributed by atoms with Gasteiger partial charge in [0, 0.05) is 19.6 Å². The summed E-state index contributed by atoms with van der Waals surface area (Å²) in [6.07, 6.45) is 1.51. The number of likely N-dealkylation sites (tertiary alicyclic amines) is 1. The predicted octanol–water partition coefficient (Wildman–Crippen LogP) is 3.17. The number of fused-ring (bicyclic) bond motifs is 1. The van der Waals surface area contributed by atoms with Gasteiger partial charge in [-0.3, -0.25) is 9.69 Å². The van der Waals surface area contributed by atoms with E-state index in [1.54, 1.807) is 21.9 Å². The largest absolute Gasteiger partial charge is 0.490 e. The summed E-state index contributed by atoms with van der Waals surface area (Å²) in [5.74, 6) is 0.0113. The SMILES string of the molecule is O=C(NCc1cccc(F)c1)[C@H]1CCCN(C(=O)N2CCOc3ccccc32)C1. The van der Waals surface area contributed by atoms with E-state index in [0.29, 0.717) is 37.6 Å². The zero-order valence-corrected chi connectivity index (χ0v) is 16.1. The van der Waals surface area contributed by atoms with Gasteiger partial charge >= 0.3 is 6.03 Å². The first-order valence-electron chi connectivity index (χ1n) is 9.92. The van der Waals surface area contributed by atoms with E-state index in [1.807, 2.05) is 24.3 Å². The fraction of sp³-hybridized carbons (Fsp3) is 0.364. The molecule has 152 valence electrons. The number of piperidine rings is 1. The minimum atomic E-state index is -0.322. The Bertz CT molecular complexity index is 904. The van der Waals surface area contributed by atoms with Gasteiger partial charge in [-0.1, -0.05) is 24.3 Å². The first-order chi connectivity index (χ1) is 14.1. The van der Waals surface area contributed by atoms with Crippen molar-refractivity contribution in [3.8, 4) is 5.75 Å². The van der Waals surface area contributed by atoms with Gasteiger partial charge in [0.25, 0.3) is 0 Å². The second-order valence-corrected chi connectivity index (χ2v) is 7.38. The van der Waals surface area contributed by atoms with E-state index < -0.39 is 0 Å². The van der Waals surface area contributed by atoms with Crippen molar-refractivity contribution >= 4 is 17.6 Å². The highest BCUT2D eigenvalue weighted by Crippen LogP contribution is 2.32. The standard InChI is InChI=1S/C22H24FN3O3/c23-18-7-3-5-16(13-18)14-24-21(27)17-6-4-10-25(15-17)22(28)26-11-12-29-20-9-2-1-8-19(20)26/h1-3,5,7-9,13,17H,4,6,10-12,14-15H2,(H,24,27)/t17-/m0/s1. The number of para-hydroxylation sites is 2. The van der Waals surface area contributed by atoms with Gasteiger partial charge in [0.1, 0.15) is 18.2 Å². The second-order valence-electron chi connectivity index (χ2n) is 7.38. The number of halogens is 1. The molecular weight excluding hydrogens is 373 g/mol. The molecule has 7 heteroatoms. The van der Waals surface area contributed by atoms with Gasteiger partial charge in [0.15, 0.2) is 0 Å². The van der Waals surface area contributed by atoms with Crippen molar-refractivity contribution in [2.45, 2.75) is 19.4 Å². The number of anilines is 1. The minimum Gasteiger partial charge on any atom is -0.490 e. The lowest BCUT2D eigenvalue weighted by Gasteiger charge is -2.37. The molecule has 1 saturated heterocycles. The quantitative estimate of drug-likeness (QED) is 0.865. The number of hydrogen-bond acceptors (Lipinski definition) is 3. The number of hydrogen-bond donors (Lipinski definition) is 1. The molecule has 1 fully saturated rings. The number of urea groups is 1. The molecule has 2 aliphatic rings. The van der Waals surface area contributed by atoms with Crippen LogP contribution in [0.5, 0.6) is 5.75 Å². The van der Waals surface area contributed by atoms with Crippen LogP contribution in [0.3, 0.4) is 0 Å². The smallest absolute Gasteiger partial charge is 0.324 e. The summed E-state index contributed by atoms with van der Waals surface area (Å²) in [6.45, 7) is 2.23. The van der Waals surface area contributed by atoms with Crippen LogP contribution >= 0.6 is 0 Å². The van der Waals surface area contributed by atoms with Gasteiger partial charge in [-0.15, -0.1) is 0 Å². The van der Waals surface area contributed by atoms with Crippen LogP contribution in [0.2, 0.25) is 0 Å². The molecule has 1 N–H and O–H groups in total. The van der Waals surface area contributed by atoms with E-state index in [0.717, 1.165) is 18.5 Å². The highest BCUT2D eigenvalue weighted by Gasteiger charge is 2.33. The van der Waals surface area contributed by atoms with Crippen LogP contribution in [0.4, 0.5) is 14.9 Å². The summed E-state index contributed by atoms with van der Waals surface area (Å²) in [5.41, 5.74) is 1.48. The van der Waals surface area contributed by atoms with Crippen molar-refractivity contribution in [1.82, 2.24) is 10.2 Å². The third-order valence-corrected chi connectivity index (χ3v) is 5.38. The average molecular weight is 397 g/mol. The van der Waals surface area contributed by atoms with Gasteiger partial charge in [0.05, 0.1) is 18.2 Å². The number of ether oxygens (including phenoxy) is 1. The third kappa shape index (κ3) is 4.34. The Balaban J connectivity index is 1.38. The number of nitrogens with one attached hydrogen (secondary N) is 1. The van der Waals surface area contributed by atoms with Crippen LogP contribution < -0.4 is 15.0 Å². The van der Waals surface area contributed by atoms with Gasteiger partial charge in [-0.2, -0.15) is 0 Å². The second kappa shape index (κ2) is 8.51. The van der Waals surface area contributed by atoms with Crippen LogP contribution in [-0.4, -0.2) is 43.1 Å². The zero-order chi connectivity index (χ0) is 20.2. The summed E-state index contributed by atoms with van der Waals surface area (Å²) < 4.78 is 18.9. The van der Waals surface area contributed by atoms with Gasteiger partial charge in [-0.05, 0) is 42.7 Å². The average Bonchev–Trinajstić information content (AvgIpc) is 2.76. The maximum absolute atomic E-state index is 13.3. The number of nitrogens with zero attached hydrogens (tertiary/aromatic N) is 2. The van der Waals surface area contributed by atoms with Gasteiger partial charge < -0.3 is 15.0 Å². The van der Waals surface area contributed by atoms with Crippen LogP contribution in [0.1, 0.15) is 18.4 Å². The molecule has 0 spiro atoms. The molecule has 2 aromatic rings. The lowest BCUT2D eigenvalue weighted by Crippen LogP contribution is -2.52. The monoisotopic (exact) mass is 397 g/mol. The molecule has 6 nitrogen and oxygen atoms in total. The van der Waals surface area contributed by atoms with E-state index in [9.17, 15) is 14.0 Å². The molecule has 2 aromatic carbocycles. The highest BCUT2D eigenvalue weighted by atomic mass is 19.1. The van der Waals surface area contributed by atoms with Crippen LogP contribution in [0, 0.1) is 11.7 Å². The summed E-state index contributed by atoms with van der Waals surface area (Å²) in [7, 11) is 0. The lowest BCUT2D eigenvalue weighted by molar-refractivity contribution is -0.126. The van der Waals surface area contributed by atoms with E-state index in [-0.39, 0.29) is 30.2 Å². The molecule has 1 atom stereocenters. The molecule has 0 aliphatic carbocycles. The lowest BCUT2D eigenvalue weighted by atomic mass is 9.97. The molecule has 0 unspecified atom stereocenters. The molecular formula is C22H24FN3O3. The maximum Gasteiger partial charge on any atom is 0.324 e. The molecule has 4 rings (SSSR count). The Kier molecular flexibility index (Phi) is 5.64. The van der Waals surface area contributed by atoms with Crippen LogP contribution in [0.15, 0.2) is 48.5 Å². The number of carbonyl (C=O) groups is 2. The molecule has 2 heterocycles. The fourth-order valence-electron chi connectivity index (χ4n) is 3.88. The van der Waals surface area contributed by atoms with E-state index in [4.69, 9.17) is 4.74 Å². The van der Waals surface area contributed by atoms with Crippen molar-refractivity contribution in [2.24, 2.45) is 5.92 Å². The van der Waals surface area contributed by atoms with E-state index >= 15 is 0 Å². The zero-order valence-electron chi connectivity index (χ0n) is 16.1. The topological polar surface area (TPSA) is 61.9 Å². The molecule has 0 saturated carbocycles. The Morgan fingerprint density at radius 3 is 2.86 bits per heavy atom. The molecule has 0 radical (unpaired) electrons. The Morgan fingerprint density at radius 2 is 2.00 bits per heavy atom. The first kappa shape index (κ1) is 19.2. The van der Waals surface area contributed by atoms with Crippen LogP contribution in [-0.2, 0) is 11.3 Å². The molecule has 0 bridgehead atoms. The Hall–Kier alpha value is -3.09. The van der Waals surface area contributed by atoms with Crippen molar-refractivity contribution < 1.29 is 18.7 Å². The van der Waals surface area contributed by atoms with E-state index in [2.05, 4.69) is 5.32 Å². The molecule has 3 amide bonds.